The first-order valence-corrected chi connectivity index (χ1v) is 10.5. The van der Waals surface area contributed by atoms with Crippen LogP contribution in [0.5, 0.6) is 0 Å². The van der Waals surface area contributed by atoms with Crippen LogP contribution < -0.4 is 4.90 Å². The van der Waals surface area contributed by atoms with Gasteiger partial charge in [0.1, 0.15) is 0 Å². The Hall–Kier alpha value is -2.34. The van der Waals surface area contributed by atoms with E-state index in [1.165, 1.54) is 17.0 Å². The van der Waals surface area contributed by atoms with Gasteiger partial charge in [-0.15, -0.1) is 0 Å². The molecule has 2 aliphatic rings. The van der Waals surface area contributed by atoms with E-state index in [-0.39, 0.29) is 28.7 Å². The van der Waals surface area contributed by atoms with Gasteiger partial charge in [0.15, 0.2) is 5.78 Å². The van der Waals surface area contributed by atoms with Gasteiger partial charge in [-0.05, 0) is 48.7 Å². The summed E-state index contributed by atoms with van der Waals surface area (Å²) in [7, 11) is 0. The summed E-state index contributed by atoms with van der Waals surface area (Å²) in [6.45, 7) is 0. The summed E-state index contributed by atoms with van der Waals surface area (Å²) in [6, 6.07) is 9.43. The largest absolute Gasteiger partial charge is 0.478 e. The number of aromatic carboxylic acids is 1. The van der Waals surface area contributed by atoms with Gasteiger partial charge in [-0.25, -0.2) is 4.79 Å². The average molecular weight is 465 g/mol. The van der Waals surface area contributed by atoms with Crippen LogP contribution in [0.1, 0.15) is 47.5 Å². The molecule has 2 aromatic rings. The van der Waals surface area contributed by atoms with Crippen LogP contribution in [-0.2, 0) is 9.59 Å². The minimum Gasteiger partial charge on any atom is -0.478 e. The molecule has 154 valence electrons. The van der Waals surface area contributed by atoms with Gasteiger partial charge in [0, 0.05) is 45.8 Å². The number of ketones is 1. The average Bonchev–Trinajstić information content (AvgIpc) is 2.68. The molecule has 0 fully saturated rings. The molecule has 30 heavy (non-hydrogen) atoms. The molecule has 0 aromatic heterocycles. The molecule has 5 nitrogen and oxygen atoms in total. The second-order valence-electron chi connectivity index (χ2n) is 7.26. The lowest BCUT2D eigenvalue weighted by Gasteiger charge is -2.38. The molecule has 0 radical (unpaired) electrons. The normalized spacial score (nSPS) is 19.2. The summed E-state index contributed by atoms with van der Waals surface area (Å²) in [5.74, 6) is -1.92. The molecule has 1 aliphatic heterocycles. The van der Waals surface area contributed by atoms with E-state index in [0.29, 0.717) is 51.8 Å². The zero-order chi connectivity index (χ0) is 21.6. The van der Waals surface area contributed by atoms with E-state index in [9.17, 15) is 19.5 Å². The summed E-state index contributed by atoms with van der Waals surface area (Å²) < 4.78 is 0. The van der Waals surface area contributed by atoms with Crippen molar-refractivity contribution < 1.29 is 19.5 Å². The number of halogens is 3. The minimum absolute atomic E-state index is 0.0304. The van der Waals surface area contributed by atoms with Crippen LogP contribution in [0.15, 0.2) is 47.7 Å². The third kappa shape index (κ3) is 3.62. The number of carbonyl (C=O) groups excluding carboxylic acids is 2. The third-order valence-electron chi connectivity index (χ3n) is 5.45. The lowest BCUT2D eigenvalue weighted by molar-refractivity contribution is -0.119. The molecule has 1 heterocycles. The van der Waals surface area contributed by atoms with Gasteiger partial charge < -0.3 is 5.11 Å². The van der Waals surface area contributed by atoms with Crippen molar-refractivity contribution in [1.82, 2.24) is 0 Å². The van der Waals surface area contributed by atoms with E-state index in [4.69, 9.17) is 34.8 Å². The quantitative estimate of drug-likeness (QED) is 0.616. The maximum Gasteiger partial charge on any atom is 0.337 e. The molecular weight excluding hydrogens is 449 g/mol. The van der Waals surface area contributed by atoms with Gasteiger partial charge in [-0.1, -0.05) is 40.9 Å². The van der Waals surface area contributed by atoms with Crippen LogP contribution in [0.2, 0.25) is 15.1 Å². The van der Waals surface area contributed by atoms with Gasteiger partial charge in [-0.3, -0.25) is 14.5 Å². The molecular formula is C22H16Cl3NO4. The predicted octanol–water partition coefficient (Wildman–Crippen LogP) is 5.87. The highest BCUT2D eigenvalue weighted by Crippen LogP contribution is 2.45. The monoisotopic (exact) mass is 463 g/mol. The van der Waals surface area contributed by atoms with Crippen LogP contribution in [0.3, 0.4) is 0 Å². The molecule has 2 aromatic carbocycles. The third-order valence-corrected chi connectivity index (χ3v) is 6.34. The summed E-state index contributed by atoms with van der Waals surface area (Å²) >= 11 is 18.4. The Morgan fingerprint density at radius 1 is 1.00 bits per heavy atom. The first-order valence-electron chi connectivity index (χ1n) is 9.35. The SMILES string of the molecule is O=C1CCCC2=C1C(c1ccc(Cl)cc1Cl)CC(=O)N2c1ccc(Cl)c(C(=O)O)c1. The fourth-order valence-electron chi connectivity index (χ4n) is 4.16. The van der Waals surface area contributed by atoms with Crippen LogP contribution in [0.4, 0.5) is 5.69 Å². The number of rotatable bonds is 3. The molecule has 1 unspecified atom stereocenters. The Morgan fingerprint density at radius 2 is 1.77 bits per heavy atom. The van der Waals surface area contributed by atoms with Crippen molar-refractivity contribution in [3.8, 4) is 0 Å². The van der Waals surface area contributed by atoms with Crippen LogP contribution in [-0.4, -0.2) is 22.8 Å². The Balaban J connectivity index is 1.88. The van der Waals surface area contributed by atoms with E-state index in [1.54, 1.807) is 24.3 Å². The first kappa shape index (κ1) is 20.9. The number of benzene rings is 2. The Kier molecular flexibility index (Phi) is 5.62. The molecule has 0 spiro atoms. The number of carbonyl (C=O) groups is 3. The lowest BCUT2D eigenvalue weighted by atomic mass is 9.77. The maximum atomic E-state index is 13.2. The van der Waals surface area contributed by atoms with Gasteiger partial charge in [0.2, 0.25) is 5.91 Å². The van der Waals surface area contributed by atoms with Crippen molar-refractivity contribution in [1.29, 1.82) is 0 Å². The number of carboxylic acids is 1. The molecule has 1 amide bonds. The number of hydrogen-bond donors (Lipinski definition) is 1. The highest BCUT2D eigenvalue weighted by atomic mass is 35.5. The number of nitrogens with zero attached hydrogens (tertiary/aromatic N) is 1. The summed E-state index contributed by atoms with van der Waals surface area (Å²) in [5, 5.41) is 10.3. The maximum absolute atomic E-state index is 13.2. The molecule has 1 N–H and O–H groups in total. The lowest BCUT2D eigenvalue weighted by Crippen LogP contribution is -2.40. The highest BCUT2D eigenvalue weighted by Gasteiger charge is 2.40. The van der Waals surface area contributed by atoms with E-state index in [0.717, 1.165) is 0 Å². The van der Waals surface area contributed by atoms with Crippen molar-refractivity contribution in [2.75, 3.05) is 4.90 Å². The molecule has 8 heteroatoms. The van der Waals surface area contributed by atoms with Crippen molar-refractivity contribution in [3.63, 3.8) is 0 Å². The number of allylic oxidation sites excluding steroid dienone is 2. The minimum atomic E-state index is -1.19. The van der Waals surface area contributed by atoms with E-state index < -0.39 is 11.9 Å². The highest BCUT2D eigenvalue weighted by molar-refractivity contribution is 6.35. The van der Waals surface area contributed by atoms with Crippen molar-refractivity contribution in [3.05, 3.63) is 73.9 Å². The zero-order valence-electron chi connectivity index (χ0n) is 15.6. The fourth-order valence-corrected chi connectivity index (χ4v) is 4.90. The van der Waals surface area contributed by atoms with Crippen molar-refractivity contribution in [2.24, 2.45) is 0 Å². The summed E-state index contributed by atoms with van der Waals surface area (Å²) in [4.78, 5) is 39.1. The van der Waals surface area contributed by atoms with Gasteiger partial charge in [0.25, 0.3) is 0 Å². The van der Waals surface area contributed by atoms with Crippen molar-refractivity contribution in [2.45, 2.75) is 31.6 Å². The molecule has 0 bridgehead atoms. The molecule has 4 rings (SSSR count). The number of hydrogen-bond acceptors (Lipinski definition) is 3. The standard InChI is InChI=1S/C22H16Cl3NO4/c23-11-4-6-13(17(25)8-11)14-10-20(28)26(18-2-1-3-19(27)21(14)18)12-5-7-16(24)15(9-12)22(29)30/h4-9,14H,1-3,10H2,(H,29,30). The Labute approximate surface area is 187 Å². The van der Waals surface area contributed by atoms with Crippen LogP contribution in [0, 0.1) is 0 Å². The number of Topliss-reactive ketones (excluding diaryl/α,β-unsaturated/α-hetero) is 1. The topological polar surface area (TPSA) is 74.7 Å². The van der Waals surface area contributed by atoms with Gasteiger partial charge in [-0.2, -0.15) is 0 Å². The van der Waals surface area contributed by atoms with Crippen molar-refractivity contribution >= 4 is 58.1 Å². The molecule has 0 saturated carbocycles. The van der Waals surface area contributed by atoms with E-state index in [2.05, 4.69) is 0 Å². The summed E-state index contributed by atoms with van der Waals surface area (Å²) in [6.07, 6.45) is 1.57. The molecule has 1 atom stereocenters. The van der Waals surface area contributed by atoms with Crippen LogP contribution >= 0.6 is 34.8 Å². The van der Waals surface area contributed by atoms with Crippen LogP contribution in [0.25, 0.3) is 0 Å². The number of amides is 1. The van der Waals surface area contributed by atoms with E-state index in [1.807, 2.05) is 0 Å². The zero-order valence-corrected chi connectivity index (χ0v) is 17.9. The summed E-state index contributed by atoms with van der Waals surface area (Å²) in [5.41, 5.74) is 2.10. The molecule has 1 aliphatic carbocycles. The smallest absolute Gasteiger partial charge is 0.337 e. The Bertz CT molecular complexity index is 1130. The van der Waals surface area contributed by atoms with E-state index >= 15 is 0 Å². The number of anilines is 1. The first-order chi connectivity index (χ1) is 14.3. The fraction of sp³-hybridized carbons (Fsp3) is 0.227. The second-order valence-corrected chi connectivity index (χ2v) is 8.51. The van der Waals surface area contributed by atoms with Gasteiger partial charge >= 0.3 is 5.97 Å². The predicted molar refractivity (Wildman–Crippen MR) is 116 cm³/mol. The second kappa shape index (κ2) is 8.06. The number of carboxylic acid groups (broad SMARTS) is 1. The Morgan fingerprint density at radius 3 is 2.47 bits per heavy atom. The molecule has 0 saturated heterocycles. The van der Waals surface area contributed by atoms with Gasteiger partial charge in [0.05, 0.1) is 10.6 Å².